The molecule has 1 atom stereocenters. The van der Waals surface area contributed by atoms with Crippen LogP contribution >= 0.6 is 0 Å². The molecule has 2 aromatic rings. The van der Waals surface area contributed by atoms with Crippen molar-refractivity contribution in [2.24, 2.45) is 0 Å². The Hall–Kier alpha value is -3.19. The fourth-order valence-corrected chi connectivity index (χ4v) is 3.46. The maximum absolute atomic E-state index is 12.9. The van der Waals surface area contributed by atoms with Gasteiger partial charge in [0.15, 0.2) is 0 Å². The first-order valence-corrected chi connectivity index (χ1v) is 9.41. The third-order valence-corrected chi connectivity index (χ3v) is 4.91. The number of ketones is 1. The summed E-state index contributed by atoms with van der Waals surface area (Å²) in [4.78, 5) is 33.3. The molecule has 0 bridgehead atoms. The Kier molecular flexibility index (Phi) is 6.29. The quantitative estimate of drug-likeness (QED) is 0.441. The molecule has 1 fully saturated rings. The van der Waals surface area contributed by atoms with E-state index in [0.29, 0.717) is 29.8 Å². The van der Waals surface area contributed by atoms with Crippen LogP contribution in [0.3, 0.4) is 0 Å². The number of benzene rings is 1. The molecule has 1 aromatic heterocycles. The Morgan fingerprint density at radius 1 is 1.21 bits per heavy atom. The van der Waals surface area contributed by atoms with Crippen LogP contribution in [0.5, 0.6) is 5.75 Å². The highest BCUT2D eigenvalue weighted by Gasteiger charge is 2.45. The Labute approximate surface area is 170 Å². The number of rotatable bonds is 7. The molecule has 7 nitrogen and oxygen atoms in total. The van der Waals surface area contributed by atoms with Crippen LogP contribution in [-0.2, 0) is 9.59 Å². The summed E-state index contributed by atoms with van der Waals surface area (Å²) in [6, 6.07) is 9.60. The van der Waals surface area contributed by atoms with E-state index in [1.807, 2.05) is 25.1 Å². The molecule has 29 heavy (non-hydrogen) atoms. The van der Waals surface area contributed by atoms with Gasteiger partial charge in [0.05, 0.1) is 18.7 Å². The van der Waals surface area contributed by atoms with Gasteiger partial charge in [-0.05, 0) is 63.0 Å². The first-order chi connectivity index (χ1) is 13.9. The molecule has 3 rings (SSSR count). The molecule has 1 saturated heterocycles. The largest absolute Gasteiger partial charge is 0.507 e. The zero-order valence-electron chi connectivity index (χ0n) is 16.8. The highest BCUT2D eigenvalue weighted by atomic mass is 16.5. The van der Waals surface area contributed by atoms with Crippen molar-refractivity contribution >= 4 is 17.4 Å². The van der Waals surface area contributed by atoms with Crippen molar-refractivity contribution in [1.82, 2.24) is 14.8 Å². The minimum Gasteiger partial charge on any atom is -0.507 e. The van der Waals surface area contributed by atoms with Gasteiger partial charge in [-0.3, -0.25) is 14.6 Å². The molecule has 1 aliphatic rings. The number of carbonyl (C=O) groups excluding carboxylic acids is 2. The summed E-state index contributed by atoms with van der Waals surface area (Å²) in [5.41, 5.74) is 1.22. The van der Waals surface area contributed by atoms with E-state index >= 15 is 0 Å². The van der Waals surface area contributed by atoms with Crippen molar-refractivity contribution in [2.75, 3.05) is 34.3 Å². The molecule has 0 unspecified atom stereocenters. The van der Waals surface area contributed by atoms with Crippen LogP contribution in [0.1, 0.15) is 23.6 Å². The maximum Gasteiger partial charge on any atom is 0.295 e. The smallest absolute Gasteiger partial charge is 0.295 e. The first-order valence-electron chi connectivity index (χ1n) is 9.41. The molecule has 1 aromatic carbocycles. The summed E-state index contributed by atoms with van der Waals surface area (Å²) >= 11 is 0. The normalized spacial score (nSPS) is 18.5. The van der Waals surface area contributed by atoms with E-state index in [1.165, 1.54) is 4.90 Å². The molecule has 1 aliphatic heterocycles. The third-order valence-electron chi connectivity index (χ3n) is 4.91. The molecule has 7 heteroatoms. The molecular weight excluding hydrogens is 370 g/mol. The van der Waals surface area contributed by atoms with Crippen molar-refractivity contribution in [3.8, 4) is 5.75 Å². The number of ether oxygens (including phenoxy) is 1. The van der Waals surface area contributed by atoms with Gasteiger partial charge in [-0.2, -0.15) is 0 Å². The van der Waals surface area contributed by atoms with Crippen LogP contribution in [0.4, 0.5) is 0 Å². The van der Waals surface area contributed by atoms with Crippen LogP contribution in [0.25, 0.3) is 5.76 Å². The average Bonchev–Trinajstić information content (AvgIpc) is 2.98. The van der Waals surface area contributed by atoms with Crippen LogP contribution in [-0.4, -0.2) is 65.9 Å². The average molecular weight is 395 g/mol. The summed E-state index contributed by atoms with van der Waals surface area (Å²) in [6.45, 7) is 1.18. The van der Waals surface area contributed by atoms with E-state index < -0.39 is 17.7 Å². The van der Waals surface area contributed by atoms with E-state index in [4.69, 9.17) is 4.74 Å². The van der Waals surface area contributed by atoms with Gasteiger partial charge >= 0.3 is 0 Å². The number of aliphatic hydroxyl groups excluding tert-OH is 1. The van der Waals surface area contributed by atoms with Gasteiger partial charge in [0.25, 0.3) is 11.7 Å². The zero-order chi connectivity index (χ0) is 21.0. The minimum absolute atomic E-state index is 0.0815. The summed E-state index contributed by atoms with van der Waals surface area (Å²) in [6.07, 6.45) is 3.96. The van der Waals surface area contributed by atoms with Gasteiger partial charge in [-0.25, -0.2) is 0 Å². The van der Waals surface area contributed by atoms with E-state index in [0.717, 1.165) is 6.54 Å². The van der Waals surface area contributed by atoms with Gasteiger partial charge in [0.2, 0.25) is 0 Å². The lowest BCUT2D eigenvalue weighted by molar-refractivity contribution is -0.139. The standard InChI is InChI=1S/C22H25N3O4/c1-24(2)12-5-13-25-19(16-6-4-11-23-14-16)18(21(27)22(25)28)20(26)15-7-9-17(29-3)10-8-15/h4,6-11,14,19,26H,5,12-13H2,1-3H3/b20-18-/t19-/m0/s1. The second kappa shape index (κ2) is 8.87. The first kappa shape index (κ1) is 20.5. The number of aromatic nitrogens is 1. The van der Waals surface area contributed by atoms with E-state index in [2.05, 4.69) is 4.98 Å². The Bertz CT molecular complexity index is 907. The SMILES string of the molecule is COc1ccc(/C(O)=C2/C(=O)C(=O)N(CCCN(C)C)[C@H]2c2cccnc2)cc1. The summed E-state index contributed by atoms with van der Waals surface area (Å²) < 4.78 is 5.14. The molecule has 1 amide bonds. The van der Waals surface area contributed by atoms with Crippen molar-refractivity contribution in [1.29, 1.82) is 0 Å². The van der Waals surface area contributed by atoms with Crippen LogP contribution in [0.2, 0.25) is 0 Å². The second-order valence-corrected chi connectivity index (χ2v) is 7.16. The number of aliphatic hydroxyl groups is 1. The highest BCUT2D eigenvalue weighted by Crippen LogP contribution is 2.39. The lowest BCUT2D eigenvalue weighted by Crippen LogP contribution is -2.32. The van der Waals surface area contributed by atoms with Gasteiger partial charge in [0, 0.05) is 24.5 Å². The van der Waals surface area contributed by atoms with E-state index in [9.17, 15) is 14.7 Å². The van der Waals surface area contributed by atoms with Gasteiger partial charge < -0.3 is 19.6 Å². The number of hydrogen-bond acceptors (Lipinski definition) is 6. The number of likely N-dealkylation sites (tertiary alicyclic amines) is 1. The monoisotopic (exact) mass is 395 g/mol. The minimum atomic E-state index is -0.683. The number of Topliss-reactive ketones (excluding diaryl/α,β-unsaturated/α-hetero) is 1. The topological polar surface area (TPSA) is 83.0 Å². The number of carbonyl (C=O) groups is 2. The molecule has 1 N–H and O–H groups in total. The van der Waals surface area contributed by atoms with E-state index in [-0.39, 0.29) is 11.3 Å². The van der Waals surface area contributed by atoms with E-state index in [1.54, 1.807) is 49.8 Å². The maximum atomic E-state index is 12.9. The number of methoxy groups -OCH3 is 1. The molecular formula is C22H25N3O4. The van der Waals surface area contributed by atoms with Crippen LogP contribution in [0.15, 0.2) is 54.4 Å². The van der Waals surface area contributed by atoms with Crippen LogP contribution < -0.4 is 4.74 Å². The fourth-order valence-electron chi connectivity index (χ4n) is 3.46. The lowest BCUT2D eigenvalue weighted by atomic mass is 9.96. The highest BCUT2D eigenvalue weighted by molar-refractivity contribution is 6.46. The Balaban J connectivity index is 2.05. The van der Waals surface area contributed by atoms with Crippen molar-refractivity contribution in [3.63, 3.8) is 0 Å². The molecule has 0 saturated carbocycles. The predicted molar refractivity (Wildman–Crippen MR) is 109 cm³/mol. The van der Waals surface area contributed by atoms with Crippen molar-refractivity contribution in [2.45, 2.75) is 12.5 Å². The summed E-state index contributed by atoms with van der Waals surface area (Å²) in [7, 11) is 5.46. The Morgan fingerprint density at radius 2 is 1.93 bits per heavy atom. The molecule has 0 radical (unpaired) electrons. The molecule has 2 heterocycles. The molecule has 0 aliphatic carbocycles. The second-order valence-electron chi connectivity index (χ2n) is 7.16. The molecule has 0 spiro atoms. The number of hydrogen-bond donors (Lipinski definition) is 1. The molecule has 152 valence electrons. The number of nitrogens with zero attached hydrogens (tertiary/aromatic N) is 3. The Morgan fingerprint density at radius 3 is 2.52 bits per heavy atom. The number of amides is 1. The van der Waals surface area contributed by atoms with Crippen molar-refractivity contribution < 1.29 is 19.4 Å². The number of pyridine rings is 1. The summed E-state index contributed by atoms with van der Waals surface area (Å²) in [5, 5.41) is 10.9. The van der Waals surface area contributed by atoms with Crippen molar-refractivity contribution in [3.05, 3.63) is 65.5 Å². The summed E-state index contributed by atoms with van der Waals surface area (Å²) in [5.74, 6) is -0.853. The fraction of sp³-hybridized carbons (Fsp3) is 0.318. The predicted octanol–water partition coefficient (Wildman–Crippen LogP) is 2.46. The lowest BCUT2D eigenvalue weighted by Gasteiger charge is -2.25. The van der Waals surface area contributed by atoms with Gasteiger partial charge in [0.1, 0.15) is 11.5 Å². The van der Waals surface area contributed by atoms with Crippen LogP contribution in [0, 0.1) is 0 Å². The third kappa shape index (κ3) is 4.30. The van der Waals surface area contributed by atoms with Gasteiger partial charge in [-0.15, -0.1) is 0 Å². The van der Waals surface area contributed by atoms with Gasteiger partial charge in [-0.1, -0.05) is 6.07 Å². The zero-order valence-corrected chi connectivity index (χ0v) is 16.8.